The van der Waals surface area contributed by atoms with Crippen LogP contribution in [0.2, 0.25) is 0 Å². The van der Waals surface area contributed by atoms with Crippen LogP contribution in [0.3, 0.4) is 0 Å². The molecule has 13 heavy (non-hydrogen) atoms. The fourth-order valence-electron chi connectivity index (χ4n) is 3.44. The smallest absolute Gasteiger partial charge is 0.0383 e. The zero-order valence-electron chi connectivity index (χ0n) is 9.26. The molecule has 0 heterocycles. The molecule has 0 aliphatic heterocycles. The van der Waals surface area contributed by atoms with E-state index in [1.165, 1.54) is 19.3 Å². The van der Waals surface area contributed by atoms with E-state index in [1.807, 2.05) is 0 Å². The topological polar surface area (TPSA) is 0 Å². The zero-order chi connectivity index (χ0) is 9.26. The lowest BCUT2D eigenvalue weighted by Crippen LogP contribution is -2.19. The van der Waals surface area contributed by atoms with Gasteiger partial charge >= 0.3 is 0 Å². The lowest BCUT2D eigenvalue weighted by molar-refractivity contribution is 0.211. The second-order valence-corrected chi connectivity index (χ2v) is 5.70. The van der Waals surface area contributed by atoms with E-state index in [9.17, 15) is 0 Å². The third-order valence-electron chi connectivity index (χ3n) is 4.46. The Labute approximate surface area is 83.1 Å². The molecule has 0 amide bonds. The summed E-state index contributed by atoms with van der Waals surface area (Å²) in [5, 5.41) is 0. The quantitative estimate of drug-likeness (QED) is 0.566. The predicted octanol–water partition coefficient (Wildman–Crippen LogP) is 4.25. The van der Waals surface area contributed by atoms with Gasteiger partial charge in [0.05, 0.1) is 0 Å². The van der Waals surface area contributed by atoms with Crippen LogP contribution in [0, 0.1) is 23.7 Å². The van der Waals surface area contributed by atoms with Gasteiger partial charge in [-0.05, 0) is 49.4 Å². The average molecular weight is 180 g/mol. The molecule has 2 fully saturated rings. The fourth-order valence-corrected chi connectivity index (χ4v) is 3.44. The predicted molar refractivity (Wildman–Crippen MR) is 57.6 cm³/mol. The molecule has 2 unspecified atom stereocenters. The van der Waals surface area contributed by atoms with Gasteiger partial charge in [0.15, 0.2) is 0 Å². The van der Waals surface area contributed by atoms with E-state index in [0.29, 0.717) is 0 Å². The third-order valence-corrected chi connectivity index (χ3v) is 4.46. The Bertz CT molecular complexity index is 153. The standard InChI is InChI=1S/C13H24/c1-10-3-6-12(7-4-10)13-8-5-11(2)9-13/h10-13H,3-9H2,1-2H3. The zero-order valence-corrected chi connectivity index (χ0v) is 9.26. The Morgan fingerprint density at radius 1 is 0.615 bits per heavy atom. The summed E-state index contributed by atoms with van der Waals surface area (Å²) in [6, 6.07) is 0. The first-order valence-electron chi connectivity index (χ1n) is 6.25. The van der Waals surface area contributed by atoms with Gasteiger partial charge < -0.3 is 0 Å². The van der Waals surface area contributed by atoms with E-state index in [0.717, 1.165) is 23.7 Å². The normalized spacial score (nSPS) is 46.6. The maximum atomic E-state index is 2.44. The first-order valence-corrected chi connectivity index (χ1v) is 6.25. The summed E-state index contributed by atoms with van der Waals surface area (Å²) in [5.74, 6) is 4.28. The minimum absolute atomic E-state index is 1.02. The molecular formula is C13H24. The maximum Gasteiger partial charge on any atom is -0.0383 e. The van der Waals surface area contributed by atoms with Gasteiger partial charge in [0.1, 0.15) is 0 Å². The molecule has 0 aromatic heterocycles. The van der Waals surface area contributed by atoms with Crippen molar-refractivity contribution < 1.29 is 0 Å². The van der Waals surface area contributed by atoms with Gasteiger partial charge in [0.25, 0.3) is 0 Å². The number of hydrogen-bond donors (Lipinski definition) is 0. The lowest BCUT2D eigenvalue weighted by atomic mass is 9.75. The molecule has 0 aromatic carbocycles. The first kappa shape index (κ1) is 9.55. The summed E-state index contributed by atoms with van der Waals surface area (Å²) < 4.78 is 0. The molecule has 2 rings (SSSR count). The Morgan fingerprint density at radius 3 is 1.69 bits per heavy atom. The van der Waals surface area contributed by atoms with Gasteiger partial charge in [0, 0.05) is 0 Å². The molecule has 2 saturated carbocycles. The molecule has 0 aromatic rings. The van der Waals surface area contributed by atoms with Gasteiger partial charge in [-0.25, -0.2) is 0 Å². The van der Waals surface area contributed by atoms with Crippen molar-refractivity contribution in [1.82, 2.24) is 0 Å². The highest BCUT2D eigenvalue weighted by atomic mass is 14.4. The van der Waals surface area contributed by atoms with E-state index >= 15 is 0 Å². The molecule has 2 aliphatic carbocycles. The Hall–Kier alpha value is 0. The number of rotatable bonds is 1. The molecule has 0 saturated heterocycles. The first-order chi connectivity index (χ1) is 6.25. The molecule has 0 spiro atoms. The summed E-state index contributed by atoms with van der Waals surface area (Å²) in [6.07, 6.45) is 10.7. The van der Waals surface area contributed by atoms with Crippen LogP contribution in [0.25, 0.3) is 0 Å². The summed E-state index contributed by atoms with van der Waals surface area (Å²) in [6.45, 7) is 4.86. The summed E-state index contributed by atoms with van der Waals surface area (Å²) in [5.41, 5.74) is 0. The fraction of sp³-hybridized carbons (Fsp3) is 1.00. The average Bonchev–Trinajstić information content (AvgIpc) is 2.53. The van der Waals surface area contributed by atoms with Crippen LogP contribution >= 0.6 is 0 Å². The van der Waals surface area contributed by atoms with Crippen LogP contribution in [-0.4, -0.2) is 0 Å². The van der Waals surface area contributed by atoms with Crippen molar-refractivity contribution in [2.45, 2.75) is 58.8 Å². The molecule has 76 valence electrons. The SMILES string of the molecule is CC1CCC(C2CCC(C)C2)CC1. The second-order valence-electron chi connectivity index (χ2n) is 5.70. The van der Waals surface area contributed by atoms with Gasteiger partial charge in [-0.3, -0.25) is 0 Å². The third kappa shape index (κ3) is 2.27. The largest absolute Gasteiger partial charge is 0.0625 e. The monoisotopic (exact) mass is 180 g/mol. The molecule has 2 atom stereocenters. The van der Waals surface area contributed by atoms with Gasteiger partial charge in [-0.15, -0.1) is 0 Å². The van der Waals surface area contributed by atoms with Crippen LogP contribution in [0.5, 0.6) is 0 Å². The molecule has 0 N–H and O–H groups in total. The van der Waals surface area contributed by atoms with Crippen molar-refractivity contribution >= 4 is 0 Å². The highest BCUT2D eigenvalue weighted by molar-refractivity contribution is 4.81. The van der Waals surface area contributed by atoms with Crippen molar-refractivity contribution in [3.05, 3.63) is 0 Å². The maximum absolute atomic E-state index is 2.44. The summed E-state index contributed by atoms with van der Waals surface area (Å²) >= 11 is 0. The van der Waals surface area contributed by atoms with Crippen LogP contribution in [0.15, 0.2) is 0 Å². The molecule has 0 bridgehead atoms. The minimum atomic E-state index is 1.02. The Morgan fingerprint density at radius 2 is 1.15 bits per heavy atom. The van der Waals surface area contributed by atoms with E-state index < -0.39 is 0 Å². The highest BCUT2D eigenvalue weighted by Gasteiger charge is 2.30. The molecule has 0 radical (unpaired) electrons. The minimum Gasteiger partial charge on any atom is -0.0625 e. The van der Waals surface area contributed by atoms with E-state index in [-0.39, 0.29) is 0 Å². The second kappa shape index (κ2) is 4.02. The molecule has 0 heteroatoms. The Kier molecular flexibility index (Phi) is 2.96. The summed E-state index contributed by atoms with van der Waals surface area (Å²) in [7, 11) is 0. The van der Waals surface area contributed by atoms with Crippen molar-refractivity contribution in [3.63, 3.8) is 0 Å². The van der Waals surface area contributed by atoms with Crippen molar-refractivity contribution in [2.75, 3.05) is 0 Å². The van der Waals surface area contributed by atoms with Crippen LogP contribution in [0.1, 0.15) is 58.8 Å². The van der Waals surface area contributed by atoms with Crippen molar-refractivity contribution in [3.8, 4) is 0 Å². The van der Waals surface area contributed by atoms with Gasteiger partial charge in [-0.2, -0.15) is 0 Å². The van der Waals surface area contributed by atoms with Gasteiger partial charge in [-0.1, -0.05) is 33.1 Å². The van der Waals surface area contributed by atoms with E-state index in [4.69, 9.17) is 0 Å². The van der Waals surface area contributed by atoms with Crippen LogP contribution in [-0.2, 0) is 0 Å². The van der Waals surface area contributed by atoms with Crippen molar-refractivity contribution in [1.29, 1.82) is 0 Å². The molecule has 0 nitrogen and oxygen atoms in total. The highest BCUT2D eigenvalue weighted by Crippen LogP contribution is 2.42. The molecular weight excluding hydrogens is 156 g/mol. The van der Waals surface area contributed by atoms with Gasteiger partial charge in [0.2, 0.25) is 0 Å². The van der Waals surface area contributed by atoms with Crippen molar-refractivity contribution in [2.24, 2.45) is 23.7 Å². The lowest BCUT2D eigenvalue weighted by Gasteiger charge is -2.30. The van der Waals surface area contributed by atoms with Crippen LogP contribution < -0.4 is 0 Å². The summed E-state index contributed by atoms with van der Waals surface area (Å²) in [4.78, 5) is 0. The molecule has 2 aliphatic rings. The van der Waals surface area contributed by atoms with E-state index in [2.05, 4.69) is 13.8 Å². The van der Waals surface area contributed by atoms with E-state index in [1.54, 1.807) is 25.7 Å². The number of hydrogen-bond acceptors (Lipinski definition) is 0. The Balaban J connectivity index is 1.81. The van der Waals surface area contributed by atoms with Crippen LogP contribution in [0.4, 0.5) is 0 Å².